The lowest BCUT2D eigenvalue weighted by atomic mass is 10.2. The summed E-state index contributed by atoms with van der Waals surface area (Å²) in [5, 5.41) is 16.3. The smallest absolute Gasteiger partial charge is 0.292 e. The molecule has 6 nitrogen and oxygen atoms in total. The Morgan fingerprint density at radius 2 is 2.38 bits per heavy atom. The number of anilines is 1. The van der Waals surface area contributed by atoms with Gasteiger partial charge in [-0.25, -0.2) is 4.39 Å². The van der Waals surface area contributed by atoms with Crippen LogP contribution in [0, 0.1) is 15.9 Å². The average molecular weight is 224 g/mol. The van der Waals surface area contributed by atoms with Gasteiger partial charge in [0.15, 0.2) is 5.96 Å². The molecule has 0 aliphatic carbocycles. The molecular weight excluding hydrogens is 215 g/mol. The monoisotopic (exact) mass is 224 g/mol. The molecule has 0 saturated carbocycles. The summed E-state index contributed by atoms with van der Waals surface area (Å²) in [6.07, 6.45) is 0. The van der Waals surface area contributed by atoms with Crippen LogP contribution in [-0.2, 0) is 0 Å². The van der Waals surface area contributed by atoms with Gasteiger partial charge in [0.1, 0.15) is 11.5 Å². The molecule has 1 aromatic carbocycles. The average Bonchev–Trinajstić information content (AvgIpc) is 2.70. The van der Waals surface area contributed by atoms with Crippen LogP contribution in [-0.4, -0.2) is 24.0 Å². The van der Waals surface area contributed by atoms with Crippen molar-refractivity contribution in [2.24, 2.45) is 4.99 Å². The zero-order valence-electron chi connectivity index (χ0n) is 8.24. The van der Waals surface area contributed by atoms with E-state index in [9.17, 15) is 14.5 Å². The lowest BCUT2D eigenvalue weighted by molar-refractivity contribution is -0.383. The standard InChI is InChI=1S/C9H9FN4O2/c10-6-1-2-8(14(15)16)7(5-6)13-9-11-3-4-12-9/h1-2,5H,3-4H2,(H2,11,12,13). The topological polar surface area (TPSA) is 79.6 Å². The summed E-state index contributed by atoms with van der Waals surface area (Å²) in [6, 6.07) is 3.24. The van der Waals surface area contributed by atoms with E-state index in [1.54, 1.807) is 0 Å². The number of hydrogen-bond acceptors (Lipinski definition) is 5. The Bertz CT molecular complexity index is 461. The van der Waals surface area contributed by atoms with Crippen LogP contribution in [0.4, 0.5) is 15.8 Å². The molecule has 16 heavy (non-hydrogen) atoms. The van der Waals surface area contributed by atoms with Gasteiger partial charge in [0.05, 0.1) is 11.5 Å². The summed E-state index contributed by atoms with van der Waals surface area (Å²) in [5.41, 5.74) is -0.0871. The van der Waals surface area contributed by atoms with E-state index in [0.717, 1.165) is 18.2 Å². The number of aliphatic imine (C=N–C) groups is 1. The predicted octanol–water partition coefficient (Wildman–Crippen LogP) is 1.10. The number of benzene rings is 1. The maximum atomic E-state index is 13.0. The first-order valence-corrected chi connectivity index (χ1v) is 4.66. The second-order valence-electron chi connectivity index (χ2n) is 3.20. The summed E-state index contributed by atoms with van der Waals surface area (Å²) < 4.78 is 13.0. The summed E-state index contributed by atoms with van der Waals surface area (Å²) >= 11 is 0. The van der Waals surface area contributed by atoms with Crippen molar-refractivity contribution >= 4 is 17.3 Å². The van der Waals surface area contributed by atoms with Crippen molar-refractivity contribution in [3.63, 3.8) is 0 Å². The van der Waals surface area contributed by atoms with Crippen LogP contribution in [0.15, 0.2) is 23.2 Å². The van der Waals surface area contributed by atoms with Crippen LogP contribution in [0.2, 0.25) is 0 Å². The van der Waals surface area contributed by atoms with E-state index < -0.39 is 10.7 Å². The lowest BCUT2D eigenvalue weighted by Crippen LogP contribution is -2.26. The molecule has 1 aliphatic heterocycles. The predicted molar refractivity (Wildman–Crippen MR) is 57.0 cm³/mol. The Morgan fingerprint density at radius 1 is 1.56 bits per heavy atom. The molecule has 0 amide bonds. The molecule has 1 aromatic rings. The Hall–Kier alpha value is -2.18. The Morgan fingerprint density at radius 3 is 3.00 bits per heavy atom. The Labute approximate surface area is 90.3 Å². The van der Waals surface area contributed by atoms with E-state index in [4.69, 9.17) is 0 Å². The third-order valence-electron chi connectivity index (χ3n) is 2.08. The quantitative estimate of drug-likeness (QED) is 0.582. The van der Waals surface area contributed by atoms with Gasteiger partial charge in [-0.3, -0.25) is 15.1 Å². The number of rotatable bonds is 2. The van der Waals surface area contributed by atoms with Crippen LogP contribution in [0.25, 0.3) is 0 Å². The minimum absolute atomic E-state index is 0.0955. The zero-order valence-corrected chi connectivity index (χ0v) is 8.24. The van der Waals surface area contributed by atoms with Gasteiger partial charge in [-0.1, -0.05) is 0 Å². The molecular formula is C9H9FN4O2. The third-order valence-corrected chi connectivity index (χ3v) is 2.08. The lowest BCUT2D eigenvalue weighted by Gasteiger charge is -2.06. The van der Waals surface area contributed by atoms with Crippen molar-refractivity contribution in [2.45, 2.75) is 0 Å². The van der Waals surface area contributed by atoms with Gasteiger partial charge in [0.25, 0.3) is 5.69 Å². The fourth-order valence-corrected chi connectivity index (χ4v) is 1.38. The molecule has 84 valence electrons. The van der Waals surface area contributed by atoms with Crippen LogP contribution >= 0.6 is 0 Å². The van der Waals surface area contributed by atoms with Gasteiger partial charge in [0.2, 0.25) is 0 Å². The van der Waals surface area contributed by atoms with Crippen molar-refractivity contribution in [3.05, 3.63) is 34.1 Å². The summed E-state index contributed by atoms with van der Waals surface area (Å²) in [4.78, 5) is 14.1. The van der Waals surface area contributed by atoms with Gasteiger partial charge < -0.3 is 10.6 Å². The molecule has 2 rings (SSSR count). The normalized spacial score (nSPS) is 14.2. The van der Waals surface area contributed by atoms with E-state index in [0.29, 0.717) is 19.0 Å². The maximum Gasteiger partial charge on any atom is 0.292 e. The molecule has 7 heteroatoms. The van der Waals surface area contributed by atoms with Crippen LogP contribution in [0.3, 0.4) is 0 Å². The largest absolute Gasteiger partial charge is 0.354 e. The molecule has 0 spiro atoms. The van der Waals surface area contributed by atoms with E-state index in [1.165, 1.54) is 0 Å². The van der Waals surface area contributed by atoms with Crippen LogP contribution < -0.4 is 10.6 Å². The second kappa shape index (κ2) is 4.13. The fraction of sp³-hybridized carbons (Fsp3) is 0.222. The number of hydrogen-bond donors (Lipinski definition) is 2. The number of nitro groups is 1. The summed E-state index contributed by atoms with van der Waals surface area (Å²) in [6.45, 7) is 1.27. The van der Waals surface area contributed by atoms with Crippen molar-refractivity contribution < 1.29 is 9.31 Å². The van der Waals surface area contributed by atoms with E-state index >= 15 is 0 Å². The highest BCUT2D eigenvalue weighted by molar-refractivity contribution is 5.96. The van der Waals surface area contributed by atoms with Gasteiger partial charge in [0, 0.05) is 18.7 Å². The molecule has 0 fully saturated rings. The number of guanidine groups is 1. The van der Waals surface area contributed by atoms with Crippen LogP contribution in [0.1, 0.15) is 0 Å². The first-order valence-electron chi connectivity index (χ1n) is 4.66. The molecule has 1 heterocycles. The van der Waals surface area contributed by atoms with Gasteiger partial charge >= 0.3 is 0 Å². The summed E-state index contributed by atoms with van der Waals surface area (Å²) in [7, 11) is 0. The van der Waals surface area contributed by atoms with Crippen molar-refractivity contribution in [3.8, 4) is 0 Å². The minimum atomic E-state index is -0.572. The molecule has 2 N–H and O–H groups in total. The minimum Gasteiger partial charge on any atom is -0.354 e. The first-order chi connectivity index (χ1) is 7.66. The van der Waals surface area contributed by atoms with E-state index in [1.807, 2.05) is 0 Å². The summed E-state index contributed by atoms with van der Waals surface area (Å²) in [5.74, 6) is -0.111. The highest BCUT2D eigenvalue weighted by Crippen LogP contribution is 2.24. The van der Waals surface area contributed by atoms with Gasteiger partial charge in [-0.05, 0) is 6.07 Å². The van der Waals surface area contributed by atoms with Gasteiger partial charge in [-0.15, -0.1) is 0 Å². The molecule has 0 saturated heterocycles. The maximum absolute atomic E-state index is 13.0. The molecule has 0 atom stereocenters. The number of nitro benzene ring substituents is 1. The van der Waals surface area contributed by atoms with Crippen molar-refractivity contribution in [2.75, 3.05) is 18.4 Å². The van der Waals surface area contributed by atoms with Crippen molar-refractivity contribution in [1.82, 2.24) is 5.32 Å². The Kier molecular flexibility index (Phi) is 2.67. The van der Waals surface area contributed by atoms with E-state index in [-0.39, 0.29) is 11.4 Å². The molecule has 0 bridgehead atoms. The highest BCUT2D eigenvalue weighted by Gasteiger charge is 2.16. The Balaban J connectivity index is 2.30. The molecule has 1 aliphatic rings. The van der Waals surface area contributed by atoms with E-state index in [2.05, 4.69) is 15.6 Å². The molecule has 0 aromatic heterocycles. The number of nitrogens with one attached hydrogen (secondary N) is 2. The number of halogens is 1. The van der Waals surface area contributed by atoms with Crippen molar-refractivity contribution in [1.29, 1.82) is 0 Å². The molecule has 0 unspecified atom stereocenters. The third kappa shape index (κ3) is 2.08. The SMILES string of the molecule is O=[N+]([O-])c1ccc(F)cc1NC1=NCCN1. The zero-order chi connectivity index (χ0) is 11.5. The fourth-order valence-electron chi connectivity index (χ4n) is 1.38. The molecule has 0 radical (unpaired) electrons. The first kappa shape index (κ1) is 10.3. The number of nitrogens with zero attached hydrogens (tertiary/aromatic N) is 2. The second-order valence-corrected chi connectivity index (χ2v) is 3.20. The van der Waals surface area contributed by atoms with Gasteiger partial charge in [-0.2, -0.15) is 0 Å². The van der Waals surface area contributed by atoms with Crippen LogP contribution in [0.5, 0.6) is 0 Å². The highest BCUT2D eigenvalue weighted by atomic mass is 19.1.